The van der Waals surface area contributed by atoms with Gasteiger partial charge in [0.05, 0.1) is 18.7 Å². The number of hydrogen-bond acceptors (Lipinski definition) is 5. The van der Waals surface area contributed by atoms with Crippen molar-refractivity contribution in [2.75, 3.05) is 13.1 Å². The van der Waals surface area contributed by atoms with Crippen molar-refractivity contribution < 1.29 is 4.79 Å². The highest BCUT2D eigenvalue weighted by Gasteiger charge is 2.25. The summed E-state index contributed by atoms with van der Waals surface area (Å²) in [7, 11) is 0. The number of carbonyl (C=O) groups is 1. The molecule has 1 aliphatic heterocycles. The fourth-order valence-electron chi connectivity index (χ4n) is 2.21. The lowest BCUT2D eigenvalue weighted by Crippen LogP contribution is -2.39. The number of nitrogens with two attached hydrogens (primary N) is 1. The molecule has 0 atom stereocenters. The van der Waals surface area contributed by atoms with E-state index in [0.29, 0.717) is 30.9 Å². The molecule has 0 saturated heterocycles. The highest BCUT2D eigenvalue weighted by molar-refractivity contribution is 5.94. The first-order valence-electron chi connectivity index (χ1n) is 6.59. The Morgan fingerprint density at radius 1 is 1.43 bits per heavy atom. The van der Waals surface area contributed by atoms with Crippen molar-refractivity contribution in [2.45, 2.75) is 13.1 Å². The lowest BCUT2D eigenvalue weighted by molar-refractivity contribution is 0.0701. The predicted molar refractivity (Wildman–Crippen MR) is 74.9 cm³/mol. The van der Waals surface area contributed by atoms with Gasteiger partial charge in [-0.2, -0.15) is 0 Å². The van der Waals surface area contributed by atoms with E-state index < -0.39 is 0 Å². The Kier molecular flexibility index (Phi) is 3.62. The van der Waals surface area contributed by atoms with Gasteiger partial charge in [0.2, 0.25) is 0 Å². The van der Waals surface area contributed by atoms with E-state index in [0.717, 1.165) is 5.82 Å². The van der Waals surface area contributed by atoms with Crippen LogP contribution in [0, 0.1) is 11.8 Å². The third-order valence-corrected chi connectivity index (χ3v) is 3.26. The van der Waals surface area contributed by atoms with Crippen LogP contribution in [-0.4, -0.2) is 43.6 Å². The van der Waals surface area contributed by atoms with Crippen molar-refractivity contribution in [1.29, 1.82) is 0 Å². The van der Waals surface area contributed by atoms with Crippen LogP contribution < -0.4 is 5.73 Å². The molecule has 1 aliphatic rings. The monoisotopic (exact) mass is 282 g/mol. The maximum absolute atomic E-state index is 12.6. The SMILES string of the molecule is NCC#Cc1cccnc1C(=O)N1CCn2cnnc2C1. The van der Waals surface area contributed by atoms with E-state index in [9.17, 15) is 4.79 Å². The quantitative estimate of drug-likeness (QED) is 0.721. The summed E-state index contributed by atoms with van der Waals surface area (Å²) < 4.78 is 1.94. The largest absolute Gasteiger partial charge is 0.328 e. The van der Waals surface area contributed by atoms with Gasteiger partial charge in [-0.3, -0.25) is 4.79 Å². The number of hydrogen-bond donors (Lipinski definition) is 1. The van der Waals surface area contributed by atoms with Crippen LogP contribution in [0.25, 0.3) is 0 Å². The molecule has 2 aromatic rings. The maximum Gasteiger partial charge on any atom is 0.274 e. The van der Waals surface area contributed by atoms with Gasteiger partial charge in [0.1, 0.15) is 12.0 Å². The van der Waals surface area contributed by atoms with Crippen molar-refractivity contribution in [1.82, 2.24) is 24.6 Å². The number of pyridine rings is 1. The summed E-state index contributed by atoms with van der Waals surface area (Å²) in [5.74, 6) is 6.27. The van der Waals surface area contributed by atoms with Gasteiger partial charge in [0, 0.05) is 19.3 Å². The molecule has 0 unspecified atom stereocenters. The minimum absolute atomic E-state index is 0.147. The van der Waals surface area contributed by atoms with E-state index in [2.05, 4.69) is 27.0 Å². The molecule has 7 heteroatoms. The van der Waals surface area contributed by atoms with Crippen molar-refractivity contribution in [3.8, 4) is 11.8 Å². The van der Waals surface area contributed by atoms with Crippen LogP contribution in [0.15, 0.2) is 24.7 Å². The molecule has 3 heterocycles. The standard InChI is InChI=1S/C14H14N6O/c15-5-1-3-11-4-2-6-16-13(11)14(21)19-7-8-20-10-17-18-12(20)9-19/h2,4,6,10H,5,7-9,15H2. The van der Waals surface area contributed by atoms with Crippen LogP contribution >= 0.6 is 0 Å². The molecule has 21 heavy (non-hydrogen) atoms. The Morgan fingerprint density at radius 3 is 3.19 bits per heavy atom. The first-order valence-corrected chi connectivity index (χ1v) is 6.59. The summed E-state index contributed by atoms with van der Waals surface area (Å²) in [4.78, 5) is 18.5. The van der Waals surface area contributed by atoms with Gasteiger partial charge in [0.15, 0.2) is 5.82 Å². The summed E-state index contributed by atoms with van der Waals surface area (Å²) in [6.07, 6.45) is 3.27. The molecule has 0 bridgehead atoms. The Labute approximate surface area is 121 Å². The van der Waals surface area contributed by atoms with E-state index in [1.807, 2.05) is 4.57 Å². The Balaban J connectivity index is 1.86. The summed E-state index contributed by atoms with van der Waals surface area (Å²) in [6.45, 7) is 1.96. The zero-order valence-corrected chi connectivity index (χ0v) is 11.4. The zero-order chi connectivity index (χ0) is 14.7. The second-order valence-electron chi connectivity index (χ2n) is 4.57. The number of rotatable bonds is 1. The third kappa shape index (κ3) is 2.61. The average Bonchev–Trinajstić information content (AvgIpc) is 3.00. The van der Waals surface area contributed by atoms with Crippen LogP contribution in [0.2, 0.25) is 0 Å². The minimum atomic E-state index is -0.147. The van der Waals surface area contributed by atoms with Crippen molar-refractivity contribution in [3.63, 3.8) is 0 Å². The minimum Gasteiger partial charge on any atom is -0.328 e. The normalized spacial score (nSPS) is 13.3. The van der Waals surface area contributed by atoms with Gasteiger partial charge in [-0.1, -0.05) is 11.8 Å². The molecule has 0 fully saturated rings. The average molecular weight is 282 g/mol. The molecular formula is C14H14N6O. The smallest absolute Gasteiger partial charge is 0.274 e. The van der Waals surface area contributed by atoms with Crippen LogP contribution in [0.4, 0.5) is 0 Å². The van der Waals surface area contributed by atoms with Gasteiger partial charge in [-0.15, -0.1) is 10.2 Å². The molecule has 2 aromatic heterocycles. The first kappa shape index (κ1) is 13.3. The number of fused-ring (bicyclic) bond motifs is 1. The van der Waals surface area contributed by atoms with E-state index >= 15 is 0 Å². The van der Waals surface area contributed by atoms with Crippen molar-refractivity contribution >= 4 is 5.91 Å². The molecule has 7 nitrogen and oxygen atoms in total. The maximum atomic E-state index is 12.6. The molecule has 1 amide bonds. The molecule has 2 N–H and O–H groups in total. The topological polar surface area (TPSA) is 89.9 Å². The summed E-state index contributed by atoms with van der Waals surface area (Å²) in [5, 5.41) is 7.86. The fourth-order valence-corrected chi connectivity index (χ4v) is 2.21. The molecule has 0 aliphatic carbocycles. The first-order chi connectivity index (χ1) is 10.3. The molecule has 0 spiro atoms. The third-order valence-electron chi connectivity index (χ3n) is 3.26. The van der Waals surface area contributed by atoms with Gasteiger partial charge >= 0.3 is 0 Å². The van der Waals surface area contributed by atoms with Crippen LogP contribution in [0.3, 0.4) is 0 Å². The number of nitrogens with zero attached hydrogens (tertiary/aromatic N) is 5. The van der Waals surface area contributed by atoms with E-state index in [1.165, 1.54) is 0 Å². The number of amides is 1. The predicted octanol–water partition coefficient (Wildman–Crippen LogP) is -0.361. The molecule has 0 radical (unpaired) electrons. The Bertz CT molecular complexity index is 726. The van der Waals surface area contributed by atoms with Crippen molar-refractivity contribution in [2.24, 2.45) is 5.73 Å². The van der Waals surface area contributed by atoms with E-state index in [4.69, 9.17) is 5.73 Å². The molecular weight excluding hydrogens is 268 g/mol. The fraction of sp³-hybridized carbons (Fsp3) is 0.286. The Hall–Kier alpha value is -2.72. The summed E-state index contributed by atoms with van der Waals surface area (Å²) >= 11 is 0. The molecule has 3 rings (SSSR count). The van der Waals surface area contributed by atoms with Crippen LogP contribution in [-0.2, 0) is 13.1 Å². The van der Waals surface area contributed by atoms with Gasteiger partial charge in [-0.25, -0.2) is 4.98 Å². The summed E-state index contributed by atoms with van der Waals surface area (Å²) in [5.41, 5.74) is 6.33. The lowest BCUT2D eigenvalue weighted by atomic mass is 10.1. The Morgan fingerprint density at radius 2 is 2.33 bits per heavy atom. The zero-order valence-electron chi connectivity index (χ0n) is 11.4. The summed E-state index contributed by atoms with van der Waals surface area (Å²) in [6, 6.07) is 3.53. The van der Waals surface area contributed by atoms with E-state index in [-0.39, 0.29) is 12.5 Å². The van der Waals surface area contributed by atoms with Crippen LogP contribution in [0.1, 0.15) is 21.9 Å². The van der Waals surface area contributed by atoms with E-state index in [1.54, 1.807) is 29.6 Å². The number of carbonyl (C=O) groups excluding carboxylic acids is 1. The van der Waals surface area contributed by atoms with Crippen LogP contribution in [0.5, 0.6) is 0 Å². The molecule has 0 saturated carbocycles. The van der Waals surface area contributed by atoms with Gasteiger partial charge in [-0.05, 0) is 12.1 Å². The molecule has 0 aromatic carbocycles. The second-order valence-corrected chi connectivity index (χ2v) is 4.57. The second kappa shape index (κ2) is 5.73. The number of aromatic nitrogens is 4. The van der Waals surface area contributed by atoms with Crippen molar-refractivity contribution in [3.05, 3.63) is 41.7 Å². The van der Waals surface area contributed by atoms with Gasteiger partial charge < -0.3 is 15.2 Å². The highest BCUT2D eigenvalue weighted by atomic mass is 16.2. The lowest BCUT2D eigenvalue weighted by Gasteiger charge is -2.26. The van der Waals surface area contributed by atoms with Gasteiger partial charge in [0.25, 0.3) is 5.91 Å². The molecule has 106 valence electrons. The highest BCUT2D eigenvalue weighted by Crippen LogP contribution is 2.14.